The number of carbonyl (C=O) groups excluding carboxylic acids is 1. The van der Waals surface area contributed by atoms with Gasteiger partial charge >= 0.3 is 12.2 Å². The number of carbonyl (C=O) groups is 1. The first-order chi connectivity index (χ1) is 16.6. The van der Waals surface area contributed by atoms with Gasteiger partial charge in [0.2, 0.25) is 5.88 Å². The molecule has 0 unspecified atom stereocenters. The first-order valence-electron chi connectivity index (χ1n) is 9.85. The highest BCUT2D eigenvalue weighted by Crippen LogP contribution is 2.36. The largest absolute Gasteiger partial charge is 0.480 e. The van der Waals surface area contributed by atoms with Crippen LogP contribution in [0.4, 0.5) is 33.7 Å². The highest BCUT2D eigenvalue weighted by molar-refractivity contribution is 6.31. The van der Waals surface area contributed by atoms with Gasteiger partial charge < -0.3 is 20.1 Å². The Morgan fingerprint density at radius 1 is 0.971 bits per heavy atom. The number of benzene rings is 3. The molecule has 4 aromatic rings. The Kier molecular flexibility index (Phi) is 6.61. The van der Waals surface area contributed by atoms with Crippen LogP contribution < -0.4 is 20.1 Å². The molecule has 0 aliphatic carbocycles. The highest BCUT2D eigenvalue weighted by atomic mass is 35.5. The van der Waals surface area contributed by atoms with Crippen molar-refractivity contribution in [2.45, 2.75) is 6.18 Å². The van der Waals surface area contributed by atoms with Crippen molar-refractivity contribution < 1.29 is 31.8 Å². The molecule has 1 aromatic heterocycles. The molecule has 1 heterocycles. The molecule has 0 fully saturated rings. The fourth-order valence-electron chi connectivity index (χ4n) is 3.04. The van der Waals surface area contributed by atoms with Crippen LogP contribution in [0.2, 0.25) is 5.02 Å². The lowest BCUT2D eigenvalue weighted by Crippen LogP contribution is -2.20. The maximum atomic E-state index is 14.3. The van der Waals surface area contributed by atoms with Gasteiger partial charge in [0.05, 0.1) is 34.9 Å². The fraction of sp³-hybridized carbons (Fsp3) is 0.0870. The number of methoxy groups -OCH3 is 1. The Morgan fingerprint density at radius 2 is 1.69 bits per heavy atom. The zero-order valence-corrected chi connectivity index (χ0v) is 18.5. The Bertz CT molecular complexity index is 1420. The molecule has 0 aliphatic rings. The van der Waals surface area contributed by atoms with Gasteiger partial charge in [0, 0.05) is 23.5 Å². The maximum absolute atomic E-state index is 14.3. The summed E-state index contributed by atoms with van der Waals surface area (Å²) in [4.78, 5) is 20.7. The zero-order chi connectivity index (χ0) is 25.2. The highest BCUT2D eigenvalue weighted by Gasteiger charge is 2.33. The molecule has 7 nitrogen and oxygen atoms in total. The molecular weight excluding hydrogens is 492 g/mol. The van der Waals surface area contributed by atoms with Gasteiger partial charge in [-0.05, 0) is 42.5 Å². The van der Waals surface area contributed by atoms with Crippen LogP contribution >= 0.6 is 11.6 Å². The number of rotatable bonds is 5. The molecular formula is C23H15ClF4N4O3. The summed E-state index contributed by atoms with van der Waals surface area (Å²) in [5, 5.41) is 4.19. The van der Waals surface area contributed by atoms with Crippen LogP contribution in [0, 0.1) is 5.82 Å². The lowest BCUT2D eigenvalue weighted by atomic mass is 10.2. The van der Waals surface area contributed by atoms with Gasteiger partial charge in [0.1, 0.15) is 5.75 Å². The van der Waals surface area contributed by atoms with Crippen molar-refractivity contribution in [3.63, 3.8) is 0 Å². The van der Waals surface area contributed by atoms with E-state index in [1.807, 2.05) is 0 Å². The van der Waals surface area contributed by atoms with E-state index in [-0.39, 0.29) is 22.9 Å². The van der Waals surface area contributed by atoms with E-state index in [2.05, 4.69) is 20.6 Å². The first-order valence-corrected chi connectivity index (χ1v) is 10.2. The van der Waals surface area contributed by atoms with Crippen LogP contribution in [0.25, 0.3) is 11.0 Å². The number of hydrogen-bond acceptors (Lipinski definition) is 5. The summed E-state index contributed by atoms with van der Waals surface area (Å²) in [6, 6.07) is 10.4. The van der Waals surface area contributed by atoms with Gasteiger partial charge in [-0.15, -0.1) is 0 Å². The summed E-state index contributed by atoms with van der Waals surface area (Å²) in [6.07, 6.45) is -3.23. The zero-order valence-electron chi connectivity index (χ0n) is 17.8. The standard InChI is InChI=1S/C23H15ClF4N4O3/c1-34-21-11-29-18-7-4-14(10-19(18)32-21)35-20-9-13(3-6-17(20)25)31-22(33)30-12-2-5-16(24)15(8-12)23(26,27)28/h2-11H,1H3,(H2,30,31,33). The van der Waals surface area contributed by atoms with Crippen LogP contribution in [-0.2, 0) is 6.18 Å². The minimum Gasteiger partial charge on any atom is -0.480 e. The number of amides is 2. The average Bonchev–Trinajstić information content (AvgIpc) is 2.81. The number of urea groups is 1. The molecule has 2 amide bonds. The normalized spacial score (nSPS) is 11.3. The van der Waals surface area contributed by atoms with Gasteiger partial charge in [-0.25, -0.2) is 19.2 Å². The molecule has 4 rings (SSSR count). The predicted molar refractivity (Wildman–Crippen MR) is 122 cm³/mol. The van der Waals surface area contributed by atoms with Crippen LogP contribution in [0.1, 0.15) is 5.56 Å². The fourth-order valence-corrected chi connectivity index (χ4v) is 3.26. The second-order valence-corrected chi connectivity index (χ2v) is 7.49. The van der Waals surface area contributed by atoms with Crippen molar-refractivity contribution in [1.29, 1.82) is 0 Å². The van der Waals surface area contributed by atoms with E-state index in [0.717, 1.165) is 12.1 Å². The molecule has 0 saturated heterocycles. The van der Waals surface area contributed by atoms with Crippen molar-refractivity contribution in [2.24, 2.45) is 0 Å². The molecule has 0 spiro atoms. The summed E-state index contributed by atoms with van der Waals surface area (Å²) in [7, 11) is 1.45. The summed E-state index contributed by atoms with van der Waals surface area (Å²) < 4.78 is 64.1. The molecule has 0 bridgehead atoms. The number of nitrogens with one attached hydrogen (secondary N) is 2. The Labute approximate surface area is 200 Å². The predicted octanol–water partition coefficient (Wildman–Crippen LogP) is 6.89. The average molecular weight is 507 g/mol. The van der Waals surface area contributed by atoms with Crippen LogP contribution in [0.5, 0.6) is 17.4 Å². The summed E-state index contributed by atoms with van der Waals surface area (Å²) in [5.74, 6) is -0.369. The lowest BCUT2D eigenvalue weighted by Gasteiger charge is -2.13. The first kappa shape index (κ1) is 24.0. The van der Waals surface area contributed by atoms with E-state index >= 15 is 0 Å². The summed E-state index contributed by atoms with van der Waals surface area (Å²) in [6.45, 7) is 0. The smallest absolute Gasteiger partial charge is 0.417 e. The maximum Gasteiger partial charge on any atom is 0.417 e. The van der Waals surface area contributed by atoms with Gasteiger partial charge in [0.25, 0.3) is 0 Å². The Hall–Kier alpha value is -4.12. The number of halogens is 5. The molecule has 12 heteroatoms. The summed E-state index contributed by atoms with van der Waals surface area (Å²) >= 11 is 5.58. The SMILES string of the molecule is COc1cnc2ccc(Oc3cc(NC(=O)Nc4ccc(Cl)c(C(F)(F)F)c4)ccc3F)cc2n1. The van der Waals surface area contributed by atoms with E-state index in [1.54, 1.807) is 12.1 Å². The third-order valence-electron chi connectivity index (χ3n) is 4.65. The molecule has 180 valence electrons. The van der Waals surface area contributed by atoms with Crippen molar-refractivity contribution in [2.75, 3.05) is 17.7 Å². The van der Waals surface area contributed by atoms with E-state index < -0.39 is 28.6 Å². The number of fused-ring (bicyclic) bond motifs is 1. The Morgan fingerprint density at radius 3 is 2.40 bits per heavy atom. The minimum atomic E-state index is -4.69. The van der Waals surface area contributed by atoms with Crippen molar-refractivity contribution in [1.82, 2.24) is 9.97 Å². The Balaban J connectivity index is 1.50. The number of anilines is 2. The second kappa shape index (κ2) is 9.63. The van der Waals surface area contributed by atoms with Crippen LogP contribution in [0.15, 0.2) is 60.8 Å². The van der Waals surface area contributed by atoms with Gasteiger partial charge in [0.15, 0.2) is 11.6 Å². The summed E-state index contributed by atoms with van der Waals surface area (Å²) in [5.41, 5.74) is -0.0671. The third kappa shape index (κ3) is 5.69. The number of alkyl halides is 3. The second-order valence-electron chi connectivity index (χ2n) is 7.08. The molecule has 0 aliphatic heterocycles. The van der Waals surface area contributed by atoms with Crippen molar-refractivity contribution in [3.05, 3.63) is 77.2 Å². The van der Waals surface area contributed by atoms with E-state index in [9.17, 15) is 22.4 Å². The molecule has 0 radical (unpaired) electrons. The molecule has 0 saturated carbocycles. The van der Waals surface area contributed by atoms with E-state index in [4.69, 9.17) is 21.1 Å². The number of aromatic nitrogens is 2. The molecule has 0 atom stereocenters. The van der Waals surface area contributed by atoms with Gasteiger partial charge in [-0.2, -0.15) is 13.2 Å². The molecule has 35 heavy (non-hydrogen) atoms. The minimum absolute atomic E-state index is 0.131. The van der Waals surface area contributed by atoms with E-state index in [0.29, 0.717) is 23.0 Å². The number of nitrogens with zero attached hydrogens (tertiary/aromatic N) is 2. The van der Waals surface area contributed by atoms with Crippen LogP contribution in [-0.4, -0.2) is 23.1 Å². The van der Waals surface area contributed by atoms with Gasteiger partial charge in [-0.3, -0.25) is 0 Å². The van der Waals surface area contributed by atoms with Crippen molar-refractivity contribution in [3.8, 4) is 17.4 Å². The van der Waals surface area contributed by atoms with Crippen LogP contribution in [0.3, 0.4) is 0 Å². The number of ether oxygens (including phenoxy) is 2. The lowest BCUT2D eigenvalue weighted by molar-refractivity contribution is -0.137. The van der Waals surface area contributed by atoms with Gasteiger partial charge in [-0.1, -0.05) is 11.6 Å². The quantitative estimate of drug-likeness (QED) is 0.288. The molecule has 3 aromatic carbocycles. The molecule has 2 N–H and O–H groups in total. The van der Waals surface area contributed by atoms with Crippen molar-refractivity contribution >= 4 is 40.0 Å². The third-order valence-corrected chi connectivity index (χ3v) is 4.98. The van der Waals surface area contributed by atoms with E-state index in [1.165, 1.54) is 37.6 Å². The topological polar surface area (TPSA) is 85.4 Å². The monoisotopic (exact) mass is 506 g/mol. The number of hydrogen-bond donors (Lipinski definition) is 2.